The lowest BCUT2D eigenvalue weighted by Crippen LogP contribution is -2.47. The van der Waals surface area contributed by atoms with Crippen molar-refractivity contribution in [2.45, 2.75) is 25.3 Å². The van der Waals surface area contributed by atoms with Gasteiger partial charge in [-0.05, 0) is 55.7 Å². The molecule has 1 aliphatic heterocycles. The predicted molar refractivity (Wildman–Crippen MR) is 157 cm³/mol. The number of aliphatic carboxylic acids is 1. The molecule has 10 nitrogen and oxygen atoms in total. The monoisotopic (exact) mass is 583 g/mol. The predicted octanol–water partition coefficient (Wildman–Crippen LogP) is 4.04. The van der Waals surface area contributed by atoms with E-state index in [9.17, 15) is 19.5 Å². The van der Waals surface area contributed by atoms with Crippen LogP contribution in [0.3, 0.4) is 0 Å². The van der Waals surface area contributed by atoms with Crippen molar-refractivity contribution in [2.75, 3.05) is 13.7 Å². The smallest absolute Gasteiger partial charge is 0.326 e. The average molecular weight is 584 g/mol. The number of ether oxygens (including phenoxy) is 1. The third kappa shape index (κ3) is 5.88. The minimum atomic E-state index is -1.00. The molecule has 0 aliphatic carbocycles. The third-order valence-electron chi connectivity index (χ3n) is 7.04. The number of benzene rings is 2. The van der Waals surface area contributed by atoms with Gasteiger partial charge >= 0.3 is 5.97 Å². The van der Waals surface area contributed by atoms with Gasteiger partial charge in [-0.25, -0.2) is 20.6 Å². The van der Waals surface area contributed by atoms with Crippen molar-refractivity contribution in [3.8, 4) is 29.0 Å². The van der Waals surface area contributed by atoms with Crippen LogP contribution < -0.4 is 16.0 Å². The second-order valence-corrected chi connectivity index (χ2v) is 10.0. The molecule has 1 fully saturated rings. The van der Waals surface area contributed by atoms with E-state index in [-0.39, 0.29) is 5.91 Å². The molecule has 0 spiro atoms. The first-order valence-electron chi connectivity index (χ1n) is 13.1. The Hall–Kier alpha value is -4.98. The lowest BCUT2D eigenvalue weighted by molar-refractivity contribution is -0.143. The highest BCUT2D eigenvalue weighted by atomic mass is 35.5. The highest BCUT2D eigenvalue weighted by Crippen LogP contribution is 2.27. The van der Waals surface area contributed by atoms with Gasteiger partial charge in [0.15, 0.2) is 0 Å². The quantitative estimate of drug-likeness (QED) is 0.138. The van der Waals surface area contributed by atoms with E-state index in [1.54, 1.807) is 24.3 Å². The molecule has 5 rings (SSSR count). The van der Waals surface area contributed by atoms with E-state index in [2.05, 4.69) is 27.2 Å². The van der Waals surface area contributed by atoms with Crippen LogP contribution in [0.2, 0.25) is 5.02 Å². The molecule has 212 valence electrons. The van der Waals surface area contributed by atoms with Crippen LogP contribution in [-0.2, 0) is 4.79 Å². The van der Waals surface area contributed by atoms with E-state index in [4.69, 9.17) is 22.2 Å². The number of pyridine rings is 2. The van der Waals surface area contributed by atoms with Crippen LogP contribution in [0.4, 0.5) is 0 Å². The summed E-state index contributed by atoms with van der Waals surface area (Å²) in [6, 6.07) is 14.6. The summed E-state index contributed by atoms with van der Waals surface area (Å²) < 4.78 is 5.20. The molecule has 1 aliphatic rings. The molecule has 2 aromatic carbocycles. The van der Waals surface area contributed by atoms with Crippen molar-refractivity contribution in [1.29, 1.82) is 0 Å². The topological polar surface area (TPSA) is 148 Å². The molecule has 1 saturated heterocycles. The first kappa shape index (κ1) is 28.5. The van der Waals surface area contributed by atoms with Crippen LogP contribution in [0.25, 0.3) is 22.2 Å². The molecule has 1 unspecified atom stereocenters. The number of likely N-dealkylation sites (tertiary alicyclic amines) is 1. The number of aromatic nitrogens is 2. The largest absolute Gasteiger partial charge is 0.481 e. The standard InChI is InChI=1S/C31H26ClN5O5/c1-42-28-16-26-23(17-34-28)22(29(38)36-33)15-25(35-26)20-9-6-18(7-10-20)5-8-19-11-12-21(14-24(19)32)30(39)37-13-3-2-4-27(37)31(40)41/h6-7,9-12,14-17,27H,2-4,13,33H2,1H3,(H,36,38)(H,40,41). The molecule has 4 N–H and O–H groups in total. The van der Waals surface area contributed by atoms with Gasteiger partial charge in [0.1, 0.15) is 6.04 Å². The van der Waals surface area contributed by atoms with Crippen LogP contribution >= 0.6 is 11.6 Å². The number of nitrogens with one attached hydrogen (secondary N) is 1. The molecule has 1 atom stereocenters. The number of fused-ring (bicyclic) bond motifs is 1. The number of amides is 2. The van der Waals surface area contributed by atoms with E-state index in [1.807, 2.05) is 24.3 Å². The van der Waals surface area contributed by atoms with Crippen LogP contribution in [0.5, 0.6) is 5.88 Å². The van der Waals surface area contributed by atoms with E-state index in [1.165, 1.54) is 24.3 Å². The summed E-state index contributed by atoms with van der Waals surface area (Å²) in [6.07, 6.45) is 3.49. The number of carboxylic acids is 1. The van der Waals surface area contributed by atoms with Gasteiger partial charge in [-0.3, -0.25) is 15.0 Å². The Morgan fingerprint density at radius 1 is 1.10 bits per heavy atom. The van der Waals surface area contributed by atoms with Gasteiger partial charge in [0, 0.05) is 46.4 Å². The van der Waals surface area contributed by atoms with Crippen molar-refractivity contribution in [3.63, 3.8) is 0 Å². The van der Waals surface area contributed by atoms with E-state index < -0.39 is 17.9 Å². The van der Waals surface area contributed by atoms with E-state index in [0.717, 1.165) is 18.4 Å². The highest BCUT2D eigenvalue weighted by Gasteiger charge is 2.32. The fourth-order valence-electron chi connectivity index (χ4n) is 4.84. The Morgan fingerprint density at radius 3 is 2.57 bits per heavy atom. The van der Waals surface area contributed by atoms with Crippen LogP contribution in [0, 0.1) is 11.8 Å². The molecular weight excluding hydrogens is 558 g/mol. The van der Waals surface area contributed by atoms with Crippen molar-refractivity contribution in [1.82, 2.24) is 20.3 Å². The summed E-state index contributed by atoms with van der Waals surface area (Å²) in [5.74, 6) is 10.0. The van der Waals surface area contributed by atoms with Gasteiger partial charge < -0.3 is 14.7 Å². The second kappa shape index (κ2) is 12.3. The third-order valence-corrected chi connectivity index (χ3v) is 7.35. The number of hydrazine groups is 1. The van der Waals surface area contributed by atoms with Crippen molar-refractivity contribution in [2.24, 2.45) is 5.84 Å². The molecule has 0 saturated carbocycles. The maximum absolute atomic E-state index is 13.0. The van der Waals surface area contributed by atoms with Crippen LogP contribution in [-0.4, -0.2) is 57.5 Å². The lowest BCUT2D eigenvalue weighted by Gasteiger charge is -2.33. The van der Waals surface area contributed by atoms with Crippen molar-refractivity contribution in [3.05, 3.63) is 88.1 Å². The number of piperidine rings is 1. The number of nitrogen functional groups attached to an aromatic ring is 1. The van der Waals surface area contributed by atoms with Crippen LogP contribution in [0.1, 0.15) is 51.1 Å². The zero-order valence-electron chi connectivity index (χ0n) is 22.6. The SMILES string of the molecule is COc1cc2nc(-c3ccc(C#Cc4ccc(C(=O)N5CCCCC5C(=O)O)cc4Cl)cc3)cc(C(=O)NN)c2cn1. The van der Waals surface area contributed by atoms with Gasteiger partial charge in [-0.15, -0.1) is 0 Å². The zero-order valence-corrected chi connectivity index (χ0v) is 23.3. The fourth-order valence-corrected chi connectivity index (χ4v) is 5.07. The van der Waals surface area contributed by atoms with E-state index >= 15 is 0 Å². The maximum atomic E-state index is 13.0. The molecule has 2 aromatic heterocycles. The highest BCUT2D eigenvalue weighted by molar-refractivity contribution is 6.32. The van der Waals surface area contributed by atoms with Gasteiger partial charge in [-0.1, -0.05) is 35.6 Å². The number of hydrogen-bond donors (Lipinski definition) is 3. The number of rotatable bonds is 5. The summed E-state index contributed by atoms with van der Waals surface area (Å²) >= 11 is 6.45. The fraction of sp³-hybridized carbons (Fsp3) is 0.194. The number of carbonyl (C=O) groups excluding carboxylic acids is 2. The second-order valence-electron chi connectivity index (χ2n) is 9.64. The van der Waals surface area contributed by atoms with Crippen LogP contribution in [0.15, 0.2) is 60.8 Å². The Labute approximate surface area is 246 Å². The van der Waals surface area contributed by atoms with Gasteiger partial charge in [0.2, 0.25) is 5.88 Å². The van der Waals surface area contributed by atoms with Crippen molar-refractivity contribution < 1.29 is 24.2 Å². The molecule has 4 aromatic rings. The summed E-state index contributed by atoms with van der Waals surface area (Å²) in [5, 5.41) is 10.3. The summed E-state index contributed by atoms with van der Waals surface area (Å²) in [4.78, 5) is 47.3. The number of carbonyl (C=O) groups is 3. The molecular formula is C31H26ClN5O5. The molecule has 3 heterocycles. The molecule has 0 bridgehead atoms. The normalized spacial score (nSPS) is 14.5. The lowest BCUT2D eigenvalue weighted by atomic mass is 10.0. The maximum Gasteiger partial charge on any atom is 0.326 e. The Kier molecular flexibility index (Phi) is 8.33. The summed E-state index contributed by atoms with van der Waals surface area (Å²) in [7, 11) is 1.50. The van der Waals surface area contributed by atoms with Gasteiger partial charge in [0.25, 0.3) is 11.8 Å². The van der Waals surface area contributed by atoms with Gasteiger partial charge in [-0.2, -0.15) is 0 Å². The average Bonchev–Trinajstić information content (AvgIpc) is 3.02. The summed E-state index contributed by atoms with van der Waals surface area (Å²) in [6.45, 7) is 0.395. The Bertz CT molecular complexity index is 1760. The van der Waals surface area contributed by atoms with E-state index in [0.29, 0.717) is 62.7 Å². The molecule has 11 heteroatoms. The van der Waals surface area contributed by atoms with Crippen molar-refractivity contribution >= 4 is 40.3 Å². The number of hydrogen-bond acceptors (Lipinski definition) is 7. The first-order chi connectivity index (χ1) is 20.3. The number of halogens is 1. The molecule has 2 amide bonds. The Morgan fingerprint density at radius 2 is 1.88 bits per heavy atom. The summed E-state index contributed by atoms with van der Waals surface area (Å²) in [5.41, 5.74) is 5.87. The zero-order chi connectivity index (χ0) is 29.8. The minimum absolute atomic E-state index is 0.296. The number of carboxylic acid groups (broad SMARTS) is 1. The van der Waals surface area contributed by atoms with Gasteiger partial charge in [0.05, 0.1) is 28.9 Å². The number of nitrogens with zero attached hydrogens (tertiary/aromatic N) is 3. The Balaban J connectivity index is 1.38. The molecule has 42 heavy (non-hydrogen) atoms. The number of nitrogens with two attached hydrogens (primary N) is 1. The number of methoxy groups -OCH3 is 1. The minimum Gasteiger partial charge on any atom is -0.481 e. The molecule has 0 radical (unpaired) electrons. The first-order valence-corrected chi connectivity index (χ1v) is 13.5.